The van der Waals surface area contributed by atoms with Crippen LogP contribution < -0.4 is 57.4 Å². The minimum atomic E-state index is -5.24. The summed E-state index contributed by atoms with van der Waals surface area (Å²) < 4.78 is 166. The van der Waals surface area contributed by atoms with Crippen molar-refractivity contribution in [1.82, 2.24) is 0 Å². The van der Waals surface area contributed by atoms with Crippen molar-refractivity contribution >= 4 is 74.8 Å². The van der Waals surface area contributed by atoms with Crippen LogP contribution in [0, 0.1) is 0 Å². The smallest absolute Gasteiger partial charge is 0.451 e. The molecular formula is C58H44B3F3O17S3. The molecule has 1 aliphatic heterocycles. The Hall–Kier alpha value is -9.04. The number of halogens is 3. The van der Waals surface area contributed by atoms with Crippen LogP contribution in [-0.4, -0.2) is 48.3 Å². The third-order valence-corrected chi connectivity index (χ3v) is 13.2. The zero-order chi connectivity index (χ0) is 58.7. The molecule has 9 aromatic carbocycles. The van der Waals surface area contributed by atoms with E-state index in [0.717, 1.165) is 0 Å². The van der Waals surface area contributed by atoms with Gasteiger partial charge in [-0.2, -0.15) is 21.0 Å². The van der Waals surface area contributed by atoms with E-state index in [1.807, 2.05) is 42.5 Å². The molecule has 9 aromatic rings. The van der Waals surface area contributed by atoms with E-state index in [2.05, 4.69) is 14.2 Å². The van der Waals surface area contributed by atoms with Crippen LogP contribution in [0.1, 0.15) is 35.6 Å². The second-order valence-electron chi connectivity index (χ2n) is 18.0. The monoisotopic (exact) mass is 1200 g/mol. The Balaban J connectivity index is 0.895. The molecular weight excluding hydrogens is 1150 g/mol. The van der Waals surface area contributed by atoms with Gasteiger partial charge in [0.05, 0.1) is 0 Å². The Kier molecular flexibility index (Phi) is 18.0. The Morgan fingerprint density at radius 1 is 0.298 bits per heavy atom. The summed E-state index contributed by atoms with van der Waals surface area (Å²) in [4.78, 5) is 0. The van der Waals surface area contributed by atoms with Crippen LogP contribution >= 0.6 is 0 Å². The lowest BCUT2D eigenvalue weighted by atomic mass is 9.61. The van der Waals surface area contributed by atoms with E-state index >= 15 is 0 Å². The summed E-state index contributed by atoms with van der Waals surface area (Å²) in [5.41, 5.74) is 3.65. The van der Waals surface area contributed by atoms with Crippen LogP contribution in [0.2, 0.25) is 0 Å². The highest BCUT2D eigenvalue weighted by Crippen LogP contribution is 2.32. The molecule has 84 heavy (non-hydrogen) atoms. The summed E-state index contributed by atoms with van der Waals surface area (Å²) in [6, 6.07) is 64.3. The fourth-order valence-electron chi connectivity index (χ4n) is 8.16. The first-order valence-corrected chi connectivity index (χ1v) is 29.3. The summed E-state index contributed by atoms with van der Waals surface area (Å²) in [6.07, 6.45) is -2.98. The quantitative estimate of drug-likeness (QED) is 0.0240. The van der Waals surface area contributed by atoms with E-state index in [1.54, 1.807) is 121 Å². The molecule has 10 rings (SSSR count). The van der Waals surface area contributed by atoms with Crippen molar-refractivity contribution in [3.05, 3.63) is 253 Å². The number of benzene rings is 9. The highest BCUT2D eigenvalue weighted by molar-refractivity contribution is 7.91. The predicted molar refractivity (Wildman–Crippen MR) is 308 cm³/mol. The molecule has 0 N–H and O–H groups in total. The zero-order valence-electron chi connectivity index (χ0n) is 43.5. The molecule has 0 aliphatic carbocycles. The number of hydrogen-bond acceptors (Lipinski definition) is 17. The lowest BCUT2D eigenvalue weighted by molar-refractivity contribution is 0.00353. The van der Waals surface area contributed by atoms with Crippen LogP contribution in [0.25, 0.3) is 0 Å². The molecule has 0 radical (unpaired) electrons. The van der Waals surface area contributed by atoms with Gasteiger partial charge in [-0.25, -0.2) is 0 Å². The largest absolute Gasteiger partial charge is 0.488 e. The summed E-state index contributed by atoms with van der Waals surface area (Å²) in [5.74, 6) is 4.38. The predicted octanol–water partition coefficient (Wildman–Crippen LogP) is 9.79. The van der Waals surface area contributed by atoms with Gasteiger partial charge in [-0.05, 0) is 126 Å². The minimum Gasteiger partial charge on any atom is -0.451 e. The molecule has 4 atom stereocenters. The molecule has 26 heteroatoms. The Morgan fingerprint density at radius 2 is 0.500 bits per heavy atom. The molecule has 0 aromatic heterocycles. The lowest BCUT2D eigenvalue weighted by Gasteiger charge is -2.32. The van der Waals surface area contributed by atoms with Crippen LogP contribution in [0.5, 0.6) is 51.7 Å². The van der Waals surface area contributed by atoms with Gasteiger partial charge in [0.2, 0.25) is 0 Å². The summed E-state index contributed by atoms with van der Waals surface area (Å²) in [5, 5.41) is 0. The summed E-state index contributed by atoms with van der Waals surface area (Å²) >= 11 is 0. The average molecular weight is 1200 g/mol. The van der Waals surface area contributed by atoms with Crippen molar-refractivity contribution in [2.24, 2.45) is 0 Å². The first-order chi connectivity index (χ1) is 40.4. The van der Waals surface area contributed by atoms with Gasteiger partial charge < -0.3 is 54.7 Å². The van der Waals surface area contributed by atoms with Gasteiger partial charge in [-0.15, -0.1) is 3.89 Å². The Labute approximate surface area is 483 Å². The van der Waals surface area contributed by atoms with E-state index in [-0.39, 0.29) is 28.7 Å². The SMILES string of the molecule is C=S(=O)(F)Oc1ccc(OC(Oc2ccc(B3OB(c4ccc(OC(Oc5ccc(OS(=O)(=O)F)cc5)c5ccccc5)cc4)OB(c4ccc(OC(Oc5ccc(OS(=O)(=O)F)cc5)c5ccccc5)cc4)O3)cc2)c2ccccc2)cc1. The minimum absolute atomic E-state index is 0.00870. The third kappa shape index (κ3) is 16.8. The fraction of sp³-hybridized carbons (Fsp3) is 0.0517. The molecule has 0 amide bonds. The second-order valence-corrected chi connectivity index (χ2v) is 21.2. The van der Waals surface area contributed by atoms with Gasteiger partial charge in [-0.1, -0.05) is 135 Å². The van der Waals surface area contributed by atoms with Crippen molar-refractivity contribution in [1.29, 1.82) is 0 Å². The molecule has 0 bridgehead atoms. The van der Waals surface area contributed by atoms with Gasteiger partial charge in [0.1, 0.15) is 51.7 Å². The van der Waals surface area contributed by atoms with E-state index in [4.69, 9.17) is 46.3 Å². The maximum Gasteiger partial charge on any atom is 0.488 e. The van der Waals surface area contributed by atoms with Crippen molar-refractivity contribution < 1.29 is 87.4 Å². The maximum absolute atomic E-state index is 13.6. The Morgan fingerprint density at radius 3 is 0.714 bits per heavy atom. The maximum atomic E-state index is 13.6. The van der Waals surface area contributed by atoms with Gasteiger partial charge in [0.25, 0.3) is 29.1 Å². The van der Waals surface area contributed by atoms with Crippen LogP contribution in [0.3, 0.4) is 0 Å². The molecule has 1 aliphatic rings. The average Bonchev–Trinajstić information content (AvgIpc) is 3.64. The van der Waals surface area contributed by atoms with Gasteiger partial charge in [0.15, 0.2) is 0 Å². The molecule has 0 spiro atoms. The number of hydrogen-bond donors (Lipinski definition) is 0. The normalized spacial score (nSPS) is 14.4. The highest BCUT2D eigenvalue weighted by atomic mass is 32.3. The number of ether oxygens (including phenoxy) is 6. The van der Waals surface area contributed by atoms with E-state index < -0.39 is 71.4 Å². The molecule has 1 heterocycles. The van der Waals surface area contributed by atoms with Crippen molar-refractivity contribution in [2.45, 2.75) is 18.9 Å². The van der Waals surface area contributed by atoms with Crippen LogP contribution in [0.4, 0.5) is 11.7 Å². The standard InChI is InChI=1S/C58H44B3F3O17S3/c1-82(62,65)76-53-35-29-50(30-36-53)73-56(41-11-5-2-6-12-41)70-47-23-17-44(18-24-47)59-79-60(45-19-25-48(26-20-45)71-57(42-13-7-3-8-14-42)74-51-31-37-54(38-32-51)77-83(63,66)67)81-61(80-59)46-21-27-49(28-22-46)72-58(43-15-9-4-10-16-43)75-52-33-39-55(40-34-52)78-84(64,68)69/h2-40,56-58H,1H2. The zero-order valence-corrected chi connectivity index (χ0v) is 45.9. The lowest BCUT2D eigenvalue weighted by Crippen LogP contribution is -2.61. The molecule has 1 fully saturated rings. The Bertz CT molecular complexity index is 3530. The highest BCUT2D eigenvalue weighted by Gasteiger charge is 2.44. The third-order valence-electron chi connectivity index (χ3n) is 12.0. The van der Waals surface area contributed by atoms with Crippen molar-refractivity contribution in [3.8, 4) is 51.7 Å². The first-order valence-electron chi connectivity index (χ1n) is 25.1. The van der Waals surface area contributed by atoms with Crippen LogP contribution in [-0.2, 0) is 44.9 Å². The van der Waals surface area contributed by atoms with E-state index in [1.165, 1.54) is 72.8 Å². The van der Waals surface area contributed by atoms with Crippen molar-refractivity contribution in [3.63, 3.8) is 0 Å². The molecule has 0 saturated carbocycles. The summed E-state index contributed by atoms with van der Waals surface area (Å²) in [7, 11) is -17.8. The second kappa shape index (κ2) is 26.0. The van der Waals surface area contributed by atoms with Gasteiger partial charge in [-0.3, -0.25) is 0 Å². The number of rotatable bonds is 24. The van der Waals surface area contributed by atoms with Gasteiger partial charge >= 0.3 is 42.4 Å². The molecule has 4 unspecified atom stereocenters. The molecule has 1 saturated heterocycles. The molecule has 426 valence electrons. The molecule has 17 nitrogen and oxygen atoms in total. The summed E-state index contributed by atoms with van der Waals surface area (Å²) in [6.45, 7) is 0. The topological polar surface area (TPSA) is 196 Å². The van der Waals surface area contributed by atoms with Crippen LogP contribution in [0.15, 0.2) is 237 Å². The van der Waals surface area contributed by atoms with E-state index in [9.17, 15) is 32.7 Å². The van der Waals surface area contributed by atoms with Gasteiger partial charge in [0, 0.05) is 22.6 Å². The van der Waals surface area contributed by atoms with Crippen molar-refractivity contribution in [2.75, 3.05) is 0 Å². The first kappa shape index (κ1) is 58.2. The fourth-order valence-corrected chi connectivity index (χ4v) is 9.24. The van der Waals surface area contributed by atoms with E-state index in [0.29, 0.717) is 56.1 Å².